The minimum Gasteiger partial charge on any atom is -0.467 e. The van der Waals surface area contributed by atoms with Crippen LogP contribution in [0.4, 0.5) is 5.69 Å². The molecule has 0 unspecified atom stereocenters. The van der Waals surface area contributed by atoms with Crippen LogP contribution in [0.2, 0.25) is 0 Å². The molecule has 0 bridgehead atoms. The van der Waals surface area contributed by atoms with E-state index >= 15 is 0 Å². The average molecular weight is 418 g/mol. The molecular weight excluding hydrogens is 400 g/mol. The average Bonchev–Trinajstić information content (AvgIpc) is 3.43. The highest BCUT2D eigenvalue weighted by Crippen LogP contribution is 2.21. The maximum Gasteiger partial charge on any atom is 0.270 e. The Balaban J connectivity index is 1.75. The van der Waals surface area contributed by atoms with E-state index in [2.05, 4.69) is 10.2 Å². The minimum absolute atomic E-state index is 0.0254. The van der Waals surface area contributed by atoms with Crippen LogP contribution < -0.4 is 4.80 Å². The zero-order chi connectivity index (χ0) is 20.9. The van der Waals surface area contributed by atoms with E-state index in [0.717, 1.165) is 17.0 Å². The number of non-ortho nitro benzene ring substituents is 1. The van der Waals surface area contributed by atoms with E-state index < -0.39 is 4.92 Å². The molecule has 0 aliphatic heterocycles. The van der Waals surface area contributed by atoms with Crippen LogP contribution >= 0.6 is 11.3 Å². The molecule has 150 valence electrons. The summed E-state index contributed by atoms with van der Waals surface area (Å²) in [7, 11) is 0. The number of furan rings is 1. The standard InChI is InChI=1S/C22H18N4O3S/c1-16(18-9-5-10-19(13-18)26(27)28)23-24-22-25(14-20-11-6-12-29-20)21(15-30-22)17-7-3-2-4-8-17/h2-13,15H,14H2,1H3. The summed E-state index contributed by atoms with van der Waals surface area (Å²) < 4.78 is 7.57. The summed E-state index contributed by atoms with van der Waals surface area (Å²) in [4.78, 5) is 11.3. The number of nitro benzene ring substituents is 1. The fraction of sp³-hybridized carbons (Fsp3) is 0.0909. The molecule has 2 aromatic heterocycles. The smallest absolute Gasteiger partial charge is 0.270 e. The molecular formula is C22H18N4O3S. The molecule has 0 fully saturated rings. The molecule has 4 rings (SSSR count). The highest BCUT2D eigenvalue weighted by Gasteiger charge is 2.11. The first-order chi connectivity index (χ1) is 14.6. The fourth-order valence-electron chi connectivity index (χ4n) is 2.98. The van der Waals surface area contributed by atoms with Crippen molar-refractivity contribution in [1.82, 2.24) is 4.57 Å². The molecule has 30 heavy (non-hydrogen) atoms. The molecule has 0 spiro atoms. The summed E-state index contributed by atoms with van der Waals surface area (Å²) in [5, 5.41) is 21.8. The van der Waals surface area contributed by atoms with Crippen LogP contribution in [-0.2, 0) is 6.54 Å². The Hall–Kier alpha value is -3.78. The quantitative estimate of drug-likeness (QED) is 0.248. The number of thiazole rings is 1. The Labute approximate surface area is 176 Å². The third-order valence-corrected chi connectivity index (χ3v) is 5.38. The number of nitrogens with zero attached hydrogens (tertiary/aromatic N) is 4. The molecule has 8 heteroatoms. The van der Waals surface area contributed by atoms with Crippen molar-refractivity contribution in [2.24, 2.45) is 10.2 Å². The minimum atomic E-state index is -0.420. The summed E-state index contributed by atoms with van der Waals surface area (Å²) in [5.74, 6) is 0.811. The number of nitro groups is 1. The van der Waals surface area contributed by atoms with Crippen molar-refractivity contribution in [1.29, 1.82) is 0 Å². The molecule has 7 nitrogen and oxygen atoms in total. The Morgan fingerprint density at radius 1 is 1.13 bits per heavy atom. The molecule has 0 saturated carbocycles. The second-order valence-corrected chi connectivity index (χ2v) is 7.36. The van der Waals surface area contributed by atoms with Gasteiger partial charge in [-0.05, 0) is 24.6 Å². The Morgan fingerprint density at radius 3 is 2.70 bits per heavy atom. The molecule has 0 aliphatic rings. The van der Waals surface area contributed by atoms with Crippen molar-refractivity contribution in [3.05, 3.63) is 105 Å². The van der Waals surface area contributed by atoms with Gasteiger partial charge in [0.15, 0.2) is 0 Å². The van der Waals surface area contributed by atoms with Gasteiger partial charge in [0.1, 0.15) is 5.76 Å². The normalized spacial score (nSPS) is 12.3. The lowest BCUT2D eigenvalue weighted by molar-refractivity contribution is -0.384. The Bertz CT molecular complexity index is 1260. The van der Waals surface area contributed by atoms with Crippen LogP contribution in [-0.4, -0.2) is 15.2 Å². The summed E-state index contributed by atoms with van der Waals surface area (Å²) in [6.07, 6.45) is 1.64. The largest absolute Gasteiger partial charge is 0.467 e. The van der Waals surface area contributed by atoms with Crippen molar-refractivity contribution in [2.75, 3.05) is 0 Å². The second kappa shape index (κ2) is 8.71. The summed E-state index contributed by atoms with van der Waals surface area (Å²) in [6, 6.07) is 20.2. The lowest BCUT2D eigenvalue weighted by atomic mass is 10.1. The highest BCUT2D eigenvalue weighted by atomic mass is 32.1. The van der Waals surface area contributed by atoms with Gasteiger partial charge in [0, 0.05) is 23.1 Å². The van der Waals surface area contributed by atoms with Gasteiger partial charge in [0.2, 0.25) is 4.80 Å². The zero-order valence-corrected chi connectivity index (χ0v) is 17.0. The molecule has 4 aromatic rings. The van der Waals surface area contributed by atoms with Crippen LogP contribution in [0.25, 0.3) is 11.3 Å². The van der Waals surface area contributed by atoms with Crippen LogP contribution in [0.1, 0.15) is 18.2 Å². The SMILES string of the molecule is CC(=NN=c1scc(-c2ccccc2)n1Cc1ccco1)c1cccc([N+](=O)[O-])c1. The van der Waals surface area contributed by atoms with Crippen LogP contribution in [0.15, 0.2) is 93.0 Å². The van der Waals surface area contributed by atoms with E-state index in [1.165, 1.54) is 23.5 Å². The van der Waals surface area contributed by atoms with Gasteiger partial charge in [-0.1, -0.05) is 42.5 Å². The van der Waals surface area contributed by atoms with Gasteiger partial charge in [0.05, 0.1) is 29.1 Å². The maximum atomic E-state index is 11.0. The second-order valence-electron chi connectivity index (χ2n) is 6.53. The number of benzene rings is 2. The van der Waals surface area contributed by atoms with Gasteiger partial charge in [-0.25, -0.2) is 0 Å². The van der Waals surface area contributed by atoms with Gasteiger partial charge >= 0.3 is 0 Å². The molecule has 0 saturated heterocycles. The first kappa shape index (κ1) is 19.5. The van der Waals surface area contributed by atoms with Gasteiger partial charge in [-0.3, -0.25) is 10.1 Å². The van der Waals surface area contributed by atoms with E-state index in [4.69, 9.17) is 4.42 Å². The van der Waals surface area contributed by atoms with Gasteiger partial charge in [-0.2, -0.15) is 5.10 Å². The number of hydrogen-bond acceptors (Lipinski definition) is 6. The Kier molecular flexibility index (Phi) is 5.67. The van der Waals surface area contributed by atoms with Crippen LogP contribution in [0.5, 0.6) is 0 Å². The Morgan fingerprint density at radius 2 is 1.97 bits per heavy atom. The van der Waals surface area contributed by atoms with E-state index in [-0.39, 0.29) is 5.69 Å². The first-order valence-electron chi connectivity index (χ1n) is 9.21. The van der Waals surface area contributed by atoms with E-state index in [1.54, 1.807) is 25.3 Å². The number of aromatic nitrogens is 1. The van der Waals surface area contributed by atoms with Gasteiger partial charge in [0.25, 0.3) is 5.69 Å². The zero-order valence-electron chi connectivity index (χ0n) is 16.1. The molecule has 2 aromatic carbocycles. The third kappa shape index (κ3) is 4.28. The summed E-state index contributed by atoms with van der Waals surface area (Å²) in [5.41, 5.74) is 3.36. The molecule has 0 radical (unpaired) electrons. The predicted molar refractivity (Wildman–Crippen MR) is 116 cm³/mol. The molecule has 2 heterocycles. The van der Waals surface area contributed by atoms with E-state index in [0.29, 0.717) is 22.6 Å². The van der Waals surface area contributed by atoms with Gasteiger partial charge < -0.3 is 8.98 Å². The fourth-order valence-corrected chi connectivity index (χ4v) is 3.84. The third-order valence-electron chi connectivity index (χ3n) is 4.52. The highest BCUT2D eigenvalue weighted by molar-refractivity contribution is 7.07. The lowest BCUT2D eigenvalue weighted by Gasteiger charge is -2.07. The molecule has 0 atom stereocenters. The van der Waals surface area contributed by atoms with Crippen LogP contribution in [0.3, 0.4) is 0 Å². The van der Waals surface area contributed by atoms with Gasteiger partial charge in [-0.15, -0.1) is 16.4 Å². The van der Waals surface area contributed by atoms with Crippen molar-refractivity contribution in [3.63, 3.8) is 0 Å². The van der Waals surface area contributed by atoms with Crippen molar-refractivity contribution in [3.8, 4) is 11.3 Å². The summed E-state index contributed by atoms with van der Waals surface area (Å²) in [6.45, 7) is 2.30. The first-order valence-corrected chi connectivity index (χ1v) is 10.1. The van der Waals surface area contributed by atoms with Crippen molar-refractivity contribution < 1.29 is 9.34 Å². The number of rotatable bonds is 6. The van der Waals surface area contributed by atoms with Crippen molar-refractivity contribution >= 4 is 22.7 Å². The number of hydrogen-bond donors (Lipinski definition) is 0. The monoisotopic (exact) mass is 418 g/mol. The van der Waals surface area contributed by atoms with E-state index in [1.807, 2.05) is 52.4 Å². The predicted octanol–water partition coefficient (Wildman–Crippen LogP) is 5.09. The van der Waals surface area contributed by atoms with Crippen LogP contribution in [0, 0.1) is 10.1 Å². The lowest BCUT2D eigenvalue weighted by Crippen LogP contribution is -2.16. The van der Waals surface area contributed by atoms with E-state index in [9.17, 15) is 10.1 Å². The topological polar surface area (TPSA) is 85.9 Å². The molecule has 0 aliphatic carbocycles. The summed E-state index contributed by atoms with van der Waals surface area (Å²) >= 11 is 1.48. The molecule has 0 amide bonds. The maximum absolute atomic E-state index is 11.0. The molecule has 0 N–H and O–H groups in total. The van der Waals surface area contributed by atoms with Crippen molar-refractivity contribution in [2.45, 2.75) is 13.5 Å².